The summed E-state index contributed by atoms with van der Waals surface area (Å²) in [7, 11) is -3.18. The zero-order valence-corrected chi connectivity index (χ0v) is 14.0. The number of aliphatic hydroxyl groups is 1. The fourth-order valence-corrected chi connectivity index (χ4v) is 6.04. The van der Waals surface area contributed by atoms with Crippen LogP contribution in [0.4, 0.5) is 0 Å². The third-order valence-electron chi connectivity index (χ3n) is 3.59. The van der Waals surface area contributed by atoms with Crippen molar-refractivity contribution in [3.63, 3.8) is 0 Å². The first-order valence-corrected chi connectivity index (χ1v) is 9.85. The molecule has 1 saturated heterocycles. The molecular weight excluding hydrogens is 334 g/mol. The number of thioether (sulfide) groups is 1. The normalized spacial score (nSPS) is 23.0. The molecule has 1 aromatic carbocycles. The van der Waals surface area contributed by atoms with Crippen molar-refractivity contribution in [2.45, 2.75) is 23.1 Å². The average Bonchev–Trinajstić information content (AvgIpc) is 3.01. The van der Waals surface area contributed by atoms with Gasteiger partial charge < -0.3 is 5.11 Å². The number of rotatable bonds is 5. The van der Waals surface area contributed by atoms with Crippen LogP contribution >= 0.6 is 11.8 Å². The topological polar surface area (TPSA) is 85.1 Å². The van der Waals surface area contributed by atoms with E-state index in [1.54, 1.807) is 6.08 Å². The highest BCUT2D eigenvalue weighted by Crippen LogP contribution is 2.32. The predicted molar refractivity (Wildman–Crippen MR) is 90.0 cm³/mol. The first-order chi connectivity index (χ1) is 11.0. The first kappa shape index (κ1) is 16.2. The molecule has 1 N–H and O–H groups in total. The summed E-state index contributed by atoms with van der Waals surface area (Å²) in [6.07, 6.45) is 0.862. The smallest absolute Gasteiger partial charge is 0.192 e. The number of benzene rings is 1. The lowest BCUT2D eigenvalue weighted by molar-refractivity contribution is 0.207. The maximum Gasteiger partial charge on any atom is 0.192 e. The highest BCUT2D eigenvalue weighted by Gasteiger charge is 2.38. The van der Waals surface area contributed by atoms with Gasteiger partial charge in [-0.1, -0.05) is 48.2 Å². The number of hydrogen-bond donors (Lipinski definition) is 1. The molecule has 6 nitrogen and oxygen atoms in total. The van der Waals surface area contributed by atoms with Crippen LogP contribution in [0.5, 0.6) is 0 Å². The summed E-state index contributed by atoms with van der Waals surface area (Å²) < 4.78 is 25.2. The summed E-state index contributed by atoms with van der Waals surface area (Å²) in [4.78, 5) is 0. The van der Waals surface area contributed by atoms with Gasteiger partial charge in [0.25, 0.3) is 0 Å². The van der Waals surface area contributed by atoms with Crippen LogP contribution in [0.15, 0.2) is 48.1 Å². The van der Waals surface area contributed by atoms with E-state index in [-0.39, 0.29) is 11.5 Å². The van der Waals surface area contributed by atoms with Crippen LogP contribution in [-0.2, 0) is 16.4 Å². The average molecular weight is 351 g/mol. The lowest BCUT2D eigenvalue weighted by Gasteiger charge is -2.13. The molecule has 0 amide bonds. The zero-order chi connectivity index (χ0) is 16.4. The van der Waals surface area contributed by atoms with Crippen molar-refractivity contribution in [2.24, 2.45) is 0 Å². The fourth-order valence-electron chi connectivity index (χ4n) is 2.52. The Morgan fingerprint density at radius 2 is 2.04 bits per heavy atom. The van der Waals surface area contributed by atoms with Crippen LogP contribution in [0.3, 0.4) is 0 Å². The second-order valence-corrected chi connectivity index (χ2v) is 8.73. The third kappa shape index (κ3) is 3.49. The molecule has 2 aromatic rings. The Morgan fingerprint density at radius 1 is 1.30 bits per heavy atom. The molecule has 8 heteroatoms. The molecule has 23 heavy (non-hydrogen) atoms. The van der Waals surface area contributed by atoms with Crippen LogP contribution < -0.4 is 0 Å². The van der Waals surface area contributed by atoms with Gasteiger partial charge in [0.2, 0.25) is 0 Å². The molecule has 0 aliphatic carbocycles. The molecule has 122 valence electrons. The summed E-state index contributed by atoms with van der Waals surface area (Å²) in [6.45, 7) is 4.26. The second kappa shape index (κ2) is 6.46. The molecule has 0 radical (unpaired) electrons. The highest BCUT2D eigenvalue weighted by atomic mass is 32.2. The van der Waals surface area contributed by atoms with Crippen molar-refractivity contribution in [3.8, 4) is 11.4 Å². The minimum absolute atomic E-state index is 0.0412. The molecule has 0 saturated carbocycles. The molecule has 1 fully saturated rings. The summed E-state index contributed by atoms with van der Waals surface area (Å²) in [6, 6.07) is 9.64. The van der Waals surface area contributed by atoms with E-state index < -0.39 is 21.2 Å². The van der Waals surface area contributed by atoms with Gasteiger partial charge in [-0.25, -0.2) is 8.42 Å². The zero-order valence-electron chi connectivity index (χ0n) is 12.4. The van der Waals surface area contributed by atoms with Crippen LogP contribution in [0.1, 0.15) is 0 Å². The molecule has 0 unspecified atom stereocenters. The minimum Gasteiger partial charge on any atom is -0.391 e. The number of nitrogens with zero attached hydrogens (tertiary/aromatic N) is 3. The summed E-state index contributed by atoms with van der Waals surface area (Å²) in [5, 5.41) is 18.5. The lowest BCUT2D eigenvalue weighted by atomic mass is 10.2. The van der Waals surface area contributed by atoms with E-state index >= 15 is 0 Å². The van der Waals surface area contributed by atoms with Gasteiger partial charge in [-0.05, 0) is 0 Å². The maximum atomic E-state index is 11.6. The van der Waals surface area contributed by atoms with Crippen LogP contribution in [0, 0.1) is 0 Å². The van der Waals surface area contributed by atoms with E-state index in [1.165, 1.54) is 11.8 Å². The SMILES string of the molecule is C=CCn1c(S[C@@H]2CS(=O)(=O)C[C@H]2O)nnc1-c1ccccc1. The Bertz CT molecular complexity index is 803. The van der Waals surface area contributed by atoms with Crippen molar-refractivity contribution in [1.82, 2.24) is 14.8 Å². The lowest BCUT2D eigenvalue weighted by Crippen LogP contribution is -2.20. The number of aromatic nitrogens is 3. The number of allylic oxidation sites excluding steroid dienone is 1. The molecular formula is C15H17N3O3S2. The number of aliphatic hydroxyl groups excluding tert-OH is 1. The highest BCUT2D eigenvalue weighted by molar-refractivity contribution is 8.01. The van der Waals surface area contributed by atoms with E-state index in [0.717, 1.165) is 5.56 Å². The molecule has 1 aliphatic rings. The van der Waals surface area contributed by atoms with Crippen molar-refractivity contribution < 1.29 is 13.5 Å². The summed E-state index contributed by atoms with van der Waals surface area (Å²) >= 11 is 1.26. The van der Waals surface area contributed by atoms with Gasteiger partial charge in [0.05, 0.1) is 22.9 Å². The Hall–Kier alpha value is -1.64. The molecule has 2 heterocycles. The molecule has 1 aromatic heterocycles. The monoisotopic (exact) mass is 351 g/mol. The molecule has 0 spiro atoms. The second-order valence-electron chi connectivity index (χ2n) is 5.37. The van der Waals surface area contributed by atoms with Crippen molar-refractivity contribution in [1.29, 1.82) is 0 Å². The van der Waals surface area contributed by atoms with E-state index in [0.29, 0.717) is 17.5 Å². The molecule has 0 bridgehead atoms. The van der Waals surface area contributed by atoms with Gasteiger partial charge in [0.1, 0.15) is 0 Å². The maximum absolute atomic E-state index is 11.6. The minimum atomic E-state index is -3.18. The van der Waals surface area contributed by atoms with Gasteiger partial charge in [-0.3, -0.25) is 4.57 Å². The quantitative estimate of drug-likeness (QED) is 0.819. The first-order valence-electron chi connectivity index (χ1n) is 7.15. The largest absolute Gasteiger partial charge is 0.391 e. The van der Waals surface area contributed by atoms with Gasteiger partial charge in [-0.2, -0.15) is 0 Å². The van der Waals surface area contributed by atoms with Crippen molar-refractivity contribution >= 4 is 21.6 Å². The molecule has 1 aliphatic heterocycles. The molecule has 2 atom stereocenters. The van der Waals surface area contributed by atoms with E-state index in [1.807, 2.05) is 34.9 Å². The van der Waals surface area contributed by atoms with E-state index in [4.69, 9.17) is 0 Å². The van der Waals surface area contributed by atoms with Crippen LogP contribution in [-0.4, -0.2) is 51.1 Å². The number of hydrogen-bond acceptors (Lipinski definition) is 6. The van der Waals surface area contributed by atoms with E-state index in [9.17, 15) is 13.5 Å². The van der Waals surface area contributed by atoms with Gasteiger partial charge >= 0.3 is 0 Å². The van der Waals surface area contributed by atoms with Crippen LogP contribution in [0.25, 0.3) is 11.4 Å². The van der Waals surface area contributed by atoms with Gasteiger partial charge in [-0.15, -0.1) is 16.8 Å². The van der Waals surface area contributed by atoms with Crippen molar-refractivity contribution in [2.75, 3.05) is 11.5 Å². The Morgan fingerprint density at radius 3 is 2.65 bits per heavy atom. The Kier molecular flexibility index (Phi) is 4.56. The fraction of sp³-hybridized carbons (Fsp3) is 0.333. The summed E-state index contributed by atoms with van der Waals surface area (Å²) in [5.41, 5.74) is 0.924. The summed E-state index contributed by atoms with van der Waals surface area (Å²) in [5.74, 6) is 0.468. The van der Waals surface area contributed by atoms with E-state index in [2.05, 4.69) is 16.8 Å². The predicted octanol–water partition coefficient (Wildman–Crippen LogP) is 1.38. The number of sulfone groups is 1. The standard InChI is InChI=1S/C15H17N3O3S2/c1-2-8-18-14(11-6-4-3-5-7-11)16-17-15(18)22-13-10-23(20,21)9-12(13)19/h2-7,12-13,19H,1,8-10H2/t12-,13-/m1/s1. The van der Waals surface area contributed by atoms with Gasteiger partial charge in [0.15, 0.2) is 20.8 Å². The Balaban J connectivity index is 1.91. The molecule has 3 rings (SSSR count). The van der Waals surface area contributed by atoms with Gasteiger partial charge in [0, 0.05) is 12.1 Å². The van der Waals surface area contributed by atoms with Crippen molar-refractivity contribution in [3.05, 3.63) is 43.0 Å². The van der Waals surface area contributed by atoms with Crippen LogP contribution in [0.2, 0.25) is 0 Å². The Labute approximate surface area is 139 Å². The third-order valence-corrected chi connectivity index (χ3v) is 6.81.